The Balaban J connectivity index is 1.57. The largest absolute Gasteiger partial charge is 0.228 e. The molecule has 118 valence electrons. The van der Waals surface area contributed by atoms with Crippen LogP contribution in [-0.2, 0) is 5.41 Å². The molecular formula is C20H23N3. The SMILES string of the molecule is Cc1nnc(C23CC4CCCC(C2)C4C3)nc1-c1ccccc1. The second-order valence-electron chi connectivity index (χ2n) is 7.94. The number of hydrogen-bond donors (Lipinski definition) is 0. The van der Waals surface area contributed by atoms with Crippen LogP contribution in [0.5, 0.6) is 0 Å². The zero-order valence-corrected chi connectivity index (χ0v) is 13.7. The van der Waals surface area contributed by atoms with Crippen molar-refractivity contribution in [2.75, 3.05) is 0 Å². The van der Waals surface area contributed by atoms with Gasteiger partial charge in [0, 0.05) is 11.0 Å². The van der Waals surface area contributed by atoms with Crippen LogP contribution >= 0.6 is 0 Å². The summed E-state index contributed by atoms with van der Waals surface area (Å²) in [6.45, 7) is 2.02. The summed E-state index contributed by atoms with van der Waals surface area (Å²) in [5, 5.41) is 9.08. The van der Waals surface area contributed by atoms with Crippen molar-refractivity contribution in [3.63, 3.8) is 0 Å². The van der Waals surface area contributed by atoms with Crippen LogP contribution in [-0.4, -0.2) is 15.2 Å². The molecule has 3 saturated carbocycles. The van der Waals surface area contributed by atoms with Crippen molar-refractivity contribution in [2.24, 2.45) is 17.8 Å². The monoisotopic (exact) mass is 305 g/mol. The van der Waals surface area contributed by atoms with E-state index in [4.69, 9.17) is 4.98 Å². The van der Waals surface area contributed by atoms with Gasteiger partial charge in [-0.1, -0.05) is 49.6 Å². The minimum absolute atomic E-state index is 0.227. The molecule has 3 aliphatic carbocycles. The molecule has 1 aromatic heterocycles. The normalized spacial score (nSPS) is 34.7. The van der Waals surface area contributed by atoms with Crippen molar-refractivity contribution >= 4 is 0 Å². The van der Waals surface area contributed by atoms with Crippen LogP contribution in [0.4, 0.5) is 0 Å². The highest BCUT2D eigenvalue weighted by Gasteiger charge is 2.58. The summed E-state index contributed by atoms with van der Waals surface area (Å²) in [5.41, 5.74) is 3.34. The maximum absolute atomic E-state index is 5.05. The molecule has 2 aromatic rings. The molecule has 2 atom stereocenters. The highest BCUT2D eigenvalue weighted by molar-refractivity contribution is 5.61. The topological polar surface area (TPSA) is 38.7 Å². The molecule has 0 N–H and O–H groups in total. The second-order valence-corrected chi connectivity index (χ2v) is 7.94. The number of fused-ring (bicyclic) bond motifs is 1. The third-order valence-corrected chi connectivity index (χ3v) is 6.67. The van der Waals surface area contributed by atoms with Crippen molar-refractivity contribution in [2.45, 2.75) is 50.9 Å². The van der Waals surface area contributed by atoms with Gasteiger partial charge in [0.25, 0.3) is 0 Å². The quantitative estimate of drug-likeness (QED) is 0.829. The van der Waals surface area contributed by atoms with Crippen LogP contribution in [0.2, 0.25) is 0 Å². The van der Waals surface area contributed by atoms with Crippen molar-refractivity contribution in [1.82, 2.24) is 15.2 Å². The summed E-state index contributed by atoms with van der Waals surface area (Å²) in [6, 6.07) is 10.4. The molecular weight excluding hydrogens is 282 g/mol. The van der Waals surface area contributed by atoms with E-state index in [1.54, 1.807) is 0 Å². The molecule has 23 heavy (non-hydrogen) atoms. The van der Waals surface area contributed by atoms with Gasteiger partial charge in [-0.3, -0.25) is 0 Å². The van der Waals surface area contributed by atoms with E-state index in [9.17, 15) is 0 Å². The number of hydrogen-bond acceptors (Lipinski definition) is 3. The Morgan fingerprint density at radius 2 is 1.70 bits per heavy atom. The summed E-state index contributed by atoms with van der Waals surface area (Å²) < 4.78 is 0. The number of benzene rings is 1. The lowest BCUT2D eigenvalue weighted by molar-refractivity contribution is 0.152. The highest BCUT2D eigenvalue weighted by atomic mass is 15.2. The van der Waals surface area contributed by atoms with E-state index in [2.05, 4.69) is 34.5 Å². The van der Waals surface area contributed by atoms with Crippen LogP contribution in [0.3, 0.4) is 0 Å². The van der Waals surface area contributed by atoms with Gasteiger partial charge in [0.1, 0.15) is 0 Å². The van der Waals surface area contributed by atoms with Crippen LogP contribution in [0.1, 0.15) is 50.0 Å². The Morgan fingerprint density at radius 1 is 0.957 bits per heavy atom. The van der Waals surface area contributed by atoms with E-state index in [-0.39, 0.29) is 5.41 Å². The van der Waals surface area contributed by atoms with Gasteiger partial charge in [0.05, 0.1) is 11.4 Å². The fourth-order valence-corrected chi connectivity index (χ4v) is 5.75. The van der Waals surface area contributed by atoms with Crippen LogP contribution in [0.15, 0.2) is 30.3 Å². The average molecular weight is 305 g/mol. The Hall–Kier alpha value is -1.77. The predicted octanol–water partition coefficient (Wildman–Crippen LogP) is 4.31. The van der Waals surface area contributed by atoms with Gasteiger partial charge < -0.3 is 0 Å². The standard InChI is InChI=1S/C20H23N3/c1-13-18(14-6-3-2-4-7-14)21-19(23-22-13)20-10-15-8-5-9-16(11-20)17(15)12-20/h2-4,6-7,15-17H,5,8-12H2,1H3. The van der Waals surface area contributed by atoms with E-state index < -0.39 is 0 Å². The molecule has 3 heteroatoms. The van der Waals surface area contributed by atoms with Gasteiger partial charge >= 0.3 is 0 Å². The second kappa shape index (κ2) is 4.86. The molecule has 3 nitrogen and oxygen atoms in total. The van der Waals surface area contributed by atoms with E-state index in [1.165, 1.54) is 38.5 Å². The summed E-state index contributed by atoms with van der Waals surface area (Å²) in [4.78, 5) is 5.05. The molecule has 2 unspecified atom stereocenters. The molecule has 1 aromatic carbocycles. The van der Waals surface area contributed by atoms with Gasteiger partial charge in [0.15, 0.2) is 5.82 Å². The lowest BCUT2D eigenvalue weighted by Crippen LogP contribution is -2.32. The first-order valence-corrected chi connectivity index (χ1v) is 9.02. The molecule has 0 amide bonds. The lowest BCUT2D eigenvalue weighted by Gasteiger charge is -2.37. The highest BCUT2D eigenvalue weighted by Crippen LogP contribution is 2.64. The van der Waals surface area contributed by atoms with E-state index in [0.717, 1.165) is 40.5 Å². The zero-order valence-electron chi connectivity index (χ0n) is 13.7. The predicted molar refractivity (Wildman–Crippen MR) is 89.9 cm³/mol. The van der Waals surface area contributed by atoms with Crippen LogP contribution < -0.4 is 0 Å². The average Bonchev–Trinajstić information content (AvgIpc) is 3.13. The smallest absolute Gasteiger partial charge is 0.157 e. The van der Waals surface area contributed by atoms with Crippen molar-refractivity contribution < 1.29 is 0 Å². The first kappa shape index (κ1) is 13.6. The summed E-state index contributed by atoms with van der Waals surface area (Å²) in [5.74, 6) is 3.81. The fraction of sp³-hybridized carbons (Fsp3) is 0.550. The molecule has 0 aliphatic heterocycles. The number of aryl methyl sites for hydroxylation is 1. The molecule has 0 spiro atoms. The summed E-state index contributed by atoms with van der Waals surface area (Å²) in [7, 11) is 0. The molecule has 5 rings (SSSR count). The molecule has 0 radical (unpaired) electrons. The van der Waals surface area contributed by atoms with Gasteiger partial charge in [-0.05, 0) is 43.9 Å². The molecule has 0 saturated heterocycles. The Labute approximate surface area is 137 Å². The maximum Gasteiger partial charge on any atom is 0.157 e. The first-order valence-electron chi connectivity index (χ1n) is 9.02. The Bertz CT molecular complexity index is 720. The summed E-state index contributed by atoms with van der Waals surface area (Å²) >= 11 is 0. The van der Waals surface area contributed by atoms with Gasteiger partial charge in [-0.2, -0.15) is 5.10 Å². The van der Waals surface area contributed by atoms with E-state index in [0.29, 0.717) is 0 Å². The Morgan fingerprint density at radius 3 is 2.39 bits per heavy atom. The van der Waals surface area contributed by atoms with Gasteiger partial charge in [-0.15, -0.1) is 5.10 Å². The van der Waals surface area contributed by atoms with E-state index >= 15 is 0 Å². The van der Waals surface area contributed by atoms with Gasteiger partial charge in [-0.25, -0.2) is 4.98 Å². The lowest BCUT2D eigenvalue weighted by atomic mass is 9.68. The maximum atomic E-state index is 5.05. The molecule has 3 fully saturated rings. The van der Waals surface area contributed by atoms with Crippen LogP contribution in [0, 0.1) is 24.7 Å². The number of rotatable bonds is 2. The zero-order chi connectivity index (χ0) is 15.4. The molecule has 2 bridgehead atoms. The minimum Gasteiger partial charge on any atom is -0.228 e. The molecule has 3 aliphatic rings. The summed E-state index contributed by atoms with van der Waals surface area (Å²) in [6.07, 6.45) is 8.19. The number of nitrogens with zero attached hydrogens (tertiary/aromatic N) is 3. The van der Waals surface area contributed by atoms with Crippen molar-refractivity contribution in [3.05, 3.63) is 41.9 Å². The fourth-order valence-electron chi connectivity index (χ4n) is 5.75. The van der Waals surface area contributed by atoms with E-state index in [1.807, 2.05) is 13.0 Å². The first-order chi connectivity index (χ1) is 11.3. The third-order valence-electron chi connectivity index (χ3n) is 6.67. The Kier molecular flexibility index (Phi) is 2.88. The minimum atomic E-state index is 0.227. The van der Waals surface area contributed by atoms with Gasteiger partial charge in [0.2, 0.25) is 0 Å². The van der Waals surface area contributed by atoms with Crippen LogP contribution in [0.25, 0.3) is 11.3 Å². The number of aromatic nitrogens is 3. The van der Waals surface area contributed by atoms with Crippen molar-refractivity contribution in [1.29, 1.82) is 0 Å². The third kappa shape index (κ3) is 1.98. The van der Waals surface area contributed by atoms with Crippen molar-refractivity contribution in [3.8, 4) is 11.3 Å². The molecule has 1 heterocycles.